The summed E-state index contributed by atoms with van der Waals surface area (Å²) in [6, 6.07) is 5.34. The lowest BCUT2D eigenvalue weighted by atomic mass is 10.2. The highest BCUT2D eigenvalue weighted by Gasteiger charge is 2.13. The smallest absolute Gasteiger partial charge is 0.356 e. The Morgan fingerprint density at radius 3 is 2.85 bits per heavy atom. The van der Waals surface area contributed by atoms with Gasteiger partial charge in [-0.05, 0) is 18.2 Å². The lowest BCUT2D eigenvalue weighted by molar-refractivity contribution is 0.0594. The van der Waals surface area contributed by atoms with E-state index in [0.717, 1.165) is 24.3 Å². The van der Waals surface area contributed by atoms with Crippen molar-refractivity contribution in [3.8, 4) is 0 Å². The number of nitrogens with zero attached hydrogens (tertiary/aromatic N) is 3. The van der Waals surface area contributed by atoms with Crippen molar-refractivity contribution in [2.45, 2.75) is 0 Å². The van der Waals surface area contributed by atoms with Crippen LogP contribution in [-0.2, 0) is 9.47 Å². The molecule has 0 saturated carbocycles. The van der Waals surface area contributed by atoms with Gasteiger partial charge in [-0.1, -0.05) is 0 Å². The second-order valence-corrected chi connectivity index (χ2v) is 4.52. The van der Waals surface area contributed by atoms with Crippen molar-refractivity contribution in [2.75, 3.05) is 38.3 Å². The van der Waals surface area contributed by atoms with Crippen LogP contribution < -0.4 is 4.90 Å². The first-order chi connectivity index (χ1) is 9.78. The average molecular weight is 273 g/mol. The van der Waals surface area contributed by atoms with E-state index in [0.29, 0.717) is 24.4 Å². The minimum absolute atomic E-state index is 0.293. The third-order valence-corrected chi connectivity index (χ3v) is 3.29. The summed E-state index contributed by atoms with van der Waals surface area (Å²) in [5.41, 5.74) is 2.74. The van der Waals surface area contributed by atoms with Crippen LogP contribution in [0.4, 0.5) is 5.69 Å². The van der Waals surface area contributed by atoms with Crippen molar-refractivity contribution in [3.63, 3.8) is 0 Å². The van der Waals surface area contributed by atoms with Crippen molar-refractivity contribution in [3.05, 3.63) is 30.1 Å². The van der Waals surface area contributed by atoms with Gasteiger partial charge in [0.15, 0.2) is 0 Å². The number of hydrogen-bond acceptors (Lipinski definition) is 6. The number of esters is 1. The fraction of sp³-hybridized carbons (Fsp3) is 0.357. The van der Waals surface area contributed by atoms with Crippen molar-refractivity contribution in [1.82, 2.24) is 9.97 Å². The Bertz CT molecular complexity index is 639. The SMILES string of the molecule is COC(=O)c1ccc2ncc(N3CCOCC3)cc2n1. The Morgan fingerprint density at radius 1 is 1.30 bits per heavy atom. The number of carbonyl (C=O) groups is 1. The van der Waals surface area contributed by atoms with E-state index in [9.17, 15) is 4.79 Å². The number of ether oxygens (including phenoxy) is 2. The summed E-state index contributed by atoms with van der Waals surface area (Å²) in [5, 5.41) is 0. The molecule has 0 atom stereocenters. The molecule has 0 bridgehead atoms. The normalized spacial score (nSPS) is 15.3. The van der Waals surface area contributed by atoms with Gasteiger partial charge < -0.3 is 14.4 Å². The van der Waals surface area contributed by atoms with Crippen LogP contribution in [0.3, 0.4) is 0 Å². The van der Waals surface area contributed by atoms with E-state index in [1.807, 2.05) is 12.3 Å². The van der Waals surface area contributed by atoms with Crippen molar-refractivity contribution in [2.24, 2.45) is 0 Å². The molecule has 3 rings (SSSR count). The molecule has 0 amide bonds. The van der Waals surface area contributed by atoms with E-state index in [4.69, 9.17) is 4.74 Å². The van der Waals surface area contributed by atoms with Gasteiger partial charge in [0, 0.05) is 13.1 Å². The molecular weight excluding hydrogens is 258 g/mol. The third kappa shape index (κ3) is 2.42. The molecule has 0 radical (unpaired) electrons. The predicted octanol–water partition coefficient (Wildman–Crippen LogP) is 1.25. The fourth-order valence-electron chi connectivity index (χ4n) is 2.21. The van der Waals surface area contributed by atoms with Gasteiger partial charge in [-0.2, -0.15) is 0 Å². The van der Waals surface area contributed by atoms with Gasteiger partial charge in [0.1, 0.15) is 5.69 Å². The lowest BCUT2D eigenvalue weighted by Crippen LogP contribution is -2.36. The first-order valence-corrected chi connectivity index (χ1v) is 6.46. The standard InChI is InChI=1S/C14H15N3O3/c1-19-14(18)12-3-2-11-13(16-12)8-10(9-15-11)17-4-6-20-7-5-17/h2-3,8-9H,4-7H2,1H3. The van der Waals surface area contributed by atoms with E-state index < -0.39 is 5.97 Å². The molecule has 104 valence electrons. The molecule has 2 aromatic heterocycles. The number of fused-ring (bicyclic) bond motifs is 1. The number of carbonyl (C=O) groups excluding carboxylic acids is 1. The number of pyridine rings is 2. The van der Waals surface area contributed by atoms with Gasteiger partial charge in [0.05, 0.1) is 43.2 Å². The van der Waals surface area contributed by atoms with Crippen LogP contribution in [0.5, 0.6) is 0 Å². The molecule has 0 spiro atoms. The predicted molar refractivity (Wildman–Crippen MR) is 73.9 cm³/mol. The maximum Gasteiger partial charge on any atom is 0.356 e. The highest BCUT2D eigenvalue weighted by molar-refractivity contribution is 5.90. The zero-order chi connectivity index (χ0) is 13.9. The number of anilines is 1. The van der Waals surface area contributed by atoms with E-state index >= 15 is 0 Å². The molecule has 0 N–H and O–H groups in total. The van der Waals surface area contributed by atoms with Gasteiger partial charge in [0.25, 0.3) is 0 Å². The first kappa shape index (κ1) is 12.8. The van der Waals surface area contributed by atoms with Gasteiger partial charge >= 0.3 is 5.97 Å². The van der Waals surface area contributed by atoms with Crippen LogP contribution in [0.1, 0.15) is 10.5 Å². The fourth-order valence-corrected chi connectivity index (χ4v) is 2.21. The van der Waals surface area contributed by atoms with Crippen molar-refractivity contribution >= 4 is 22.7 Å². The number of rotatable bonds is 2. The Kier molecular flexibility index (Phi) is 3.47. The molecule has 2 aromatic rings. The summed E-state index contributed by atoms with van der Waals surface area (Å²) < 4.78 is 10.0. The minimum atomic E-state index is -0.441. The van der Waals surface area contributed by atoms with Crippen molar-refractivity contribution in [1.29, 1.82) is 0 Å². The van der Waals surface area contributed by atoms with Gasteiger partial charge in [-0.15, -0.1) is 0 Å². The summed E-state index contributed by atoms with van der Waals surface area (Å²) in [4.78, 5) is 22.4. The molecule has 20 heavy (non-hydrogen) atoms. The molecule has 1 saturated heterocycles. The molecule has 1 fully saturated rings. The molecule has 0 unspecified atom stereocenters. The lowest BCUT2D eigenvalue weighted by Gasteiger charge is -2.28. The monoisotopic (exact) mass is 273 g/mol. The van der Waals surface area contributed by atoms with Crippen LogP contribution in [0.2, 0.25) is 0 Å². The molecule has 0 aromatic carbocycles. The number of methoxy groups -OCH3 is 1. The van der Waals surface area contributed by atoms with Gasteiger partial charge in [-0.3, -0.25) is 4.98 Å². The molecule has 0 aliphatic carbocycles. The molecule has 6 heteroatoms. The van der Waals surface area contributed by atoms with Crippen LogP contribution in [0, 0.1) is 0 Å². The van der Waals surface area contributed by atoms with E-state index in [1.165, 1.54) is 7.11 Å². The van der Waals surface area contributed by atoms with Crippen LogP contribution >= 0.6 is 0 Å². The second kappa shape index (κ2) is 5.42. The maximum atomic E-state index is 11.5. The summed E-state index contributed by atoms with van der Waals surface area (Å²) in [6.07, 6.45) is 1.83. The Morgan fingerprint density at radius 2 is 2.10 bits per heavy atom. The maximum absolute atomic E-state index is 11.5. The average Bonchev–Trinajstić information content (AvgIpc) is 2.54. The summed E-state index contributed by atoms with van der Waals surface area (Å²) in [7, 11) is 1.34. The Labute approximate surface area is 116 Å². The topological polar surface area (TPSA) is 64.5 Å². The zero-order valence-corrected chi connectivity index (χ0v) is 11.2. The van der Waals surface area contributed by atoms with E-state index in [-0.39, 0.29) is 0 Å². The van der Waals surface area contributed by atoms with Crippen molar-refractivity contribution < 1.29 is 14.3 Å². The second-order valence-electron chi connectivity index (χ2n) is 4.52. The highest BCUT2D eigenvalue weighted by atomic mass is 16.5. The zero-order valence-electron chi connectivity index (χ0n) is 11.2. The summed E-state index contributed by atoms with van der Waals surface area (Å²) in [6.45, 7) is 3.11. The highest BCUT2D eigenvalue weighted by Crippen LogP contribution is 2.20. The quantitative estimate of drug-likeness (QED) is 0.767. The summed E-state index contributed by atoms with van der Waals surface area (Å²) in [5.74, 6) is -0.441. The Balaban J connectivity index is 1.97. The van der Waals surface area contributed by atoms with E-state index in [2.05, 4.69) is 19.6 Å². The molecule has 1 aliphatic rings. The first-order valence-electron chi connectivity index (χ1n) is 6.46. The molecule has 1 aliphatic heterocycles. The number of hydrogen-bond donors (Lipinski definition) is 0. The Hall–Kier alpha value is -2.21. The van der Waals surface area contributed by atoms with Crippen LogP contribution in [0.25, 0.3) is 11.0 Å². The third-order valence-electron chi connectivity index (χ3n) is 3.29. The van der Waals surface area contributed by atoms with Crippen LogP contribution in [0.15, 0.2) is 24.4 Å². The van der Waals surface area contributed by atoms with Gasteiger partial charge in [-0.25, -0.2) is 9.78 Å². The van der Waals surface area contributed by atoms with Gasteiger partial charge in [0.2, 0.25) is 0 Å². The number of aromatic nitrogens is 2. The molecule has 3 heterocycles. The van der Waals surface area contributed by atoms with E-state index in [1.54, 1.807) is 12.1 Å². The minimum Gasteiger partial charge on any atom is -0.464 e. The number of morpholine rings is 1. The summed E-state index contributed by atoms with van der Waals surface area (Å²) >= 11 is 0. The molecular formula is C14H15N3O3. The van der Waals surface area contributed by atoms with Crippen LogP contribution in [-0.4, -0.2) is 49.4 Å². The molecule has 6 nitrogen and oxygen atoms in total. The largest absolute Gasteiger partial charge is 0.464 e.